The van der Waals surface area contributed by atoms with Crippen LogP contribution in [0.2, 0.25) is 0 Å². The highest BCUT2D eigenvalue weighted by Gasteiger charge is 2.26. The van der Waals surface area contributed by atoms with E-state index in [1.807, 2.05) is 37.3 Å². The molecule has 0 aliphatic carbocycles. The first-order valence-corrected chi connectivity index (χ1v) is 6.05. The highest BCUT2D eigenvalue weighted by Crippen LogP contribution is 2.21. The third-order valence-corrected chi connectivity index (χ3v) is 2.80. The molecule has 0 fully saturated rings. The second-order valence-electron chi connectivity index (χ2n) is 3.94. The Morgan fingerprint density at radius 3 is 2.05 bits per heavy atom. The number of hydrogen-bond donors (Lipinski definition) is 0. The van der Waals surface area contributed by atoms with E-state index in [1.54, 1.807) is 6.08 Å². The van der Waals surface area contributed by atoms with Crippen molar-refractivity contribution in [2.24, 2.45) is 5.92 Å². The van der Waals surface area contributed by atoms with Crippen LogP contribution < -0.4 is 0 Å². The van der Waals surface area contributed by atoms with Gasteiger partial charge in [-0.3, -0.25) is 9.59 Å². The second-order valence-corrected chi connectivity index (χ2v) is 3.94. The topological polar surface area (TPSA) is 52.6 Å². The summed E-state index contributed by atoms with van der Waals surface area (Å²) in [5.74, 6) is -2.26. The maximum Gasteiger partial charge on any atom is 0.324 e. The maximum absolute atomic E-state index is 11.6. The fraction of sp³-hybridized carbons (Fsp3) is 0.333. The van der Waals surface area contributed by atoms with Gasteiger partial charge in [-0.25, -0.2) is 0 Å². The fourth-order valence-electron chi connectivity index (χ4n) is 1.76. The molecule has 4 heteroatoms. The molecule has 0 spiro atoms. The van der Waals surface area contributed by atoms with Gasteiger partial charge in [0, 0.05) is 0 Å². The molecule has 0 saturated carbocycles. The van der Waals surface area contributed by atoms with Crippen LogP contribution in [0.4, 0.5) is 0 Å². The van der Waals surface area contributed by atoms with Crippen molar-refractivity contribution < 1.29 is 19.1 Å². The molecule has 0 saturated heterocycles. The van der Waals surface area contributed by atoms with Crippen LogP contribution >= 0.6 is 0 Å². The first kappa shape index (κ1) is 15.0. The Hall–Kier alpha value is -2.10. The smallest absolute Gasteiger partial charge is 0.324 e. The zero-order chi connectivity index (χ0) is 14.3. The lowest BCUT2D eigenvalue weighted by Crippen LogP contribution is -2.25. The Kier molecular flexibility index (Phi) is 5.79. The van der Waals surface area contributed by atoms with Gasteiger partial charge in [0.15, 0.2) is 5.92 Å². The van der Waals surface area contributed by atoms with E-state index in [1.165, 1.54) is 14.2 Å². The van der Waals surface area contributed by atoms with Gasteiger partial charge in [0.25, 0.3) is 0 Å². The van der Waals surface area contributed by atoms with Crippen molar-refractivity contribution in [1.82, 2.24) is 0 Å². The van der Waals surface area contributed by atoms with Crippen molar-refractivity contribution in [3.05, 3.63) is 42.0 Å². The van der Waals surface area contributed by atoms with Crippen LogP contribution in [0, 0.1) is 5.92 Å². The molecular formula is C15H18O4. The number of carbonyl (C=O) groups is 2. The molecular weight excluding hydrogens is 244 g/mol. The molecule has 0 bridgehead atoms. The van der Waals surface area contributed by atoms with Crippen LogP contribution in [-0.2, 0) is 19.1 Å². The third-order valence-electron chi connectivity index (χ3n) is 2.80. The largest absolute Gasteiger partial charge is 0.468 e. The van der Waals surface area contributed by atoms with Gasteiger partial charge in [-0.2, -0.15) is 0 Å². The second kappa shape index (κ2) is 7.36. The Labute approximate surface area is 113 Å². The Bertz CT molecular complexity index is 446. The first-order chi connectivity index (χ1) is 9.13. The third kappa shape index (κ3) is 3.95. The number of benzene rings is 1. The van der Waals surface area contributed by atoms with Crippen molar-refractivity contribution in [2.45, 2.75) is 13.3 Å². The van der Waals surface area contributed by atoms with Crippen LogP contribution in [-0.4, -0.2) is 26.2 Å². The van der Waals surface area contributed by atoms with E-state index in [9.17, 15) is 9.59 Å². The van der Waals surface area contributed by atoms with Crippen molar-refractivity contribution in [3.8, 4) is 0 Å². The number of rotatable bonds is 5. The predicted molar refractivity (Wildman–Crippen MR) is 72.2 cm³/mol. The molecule has 0 aliphatic heterocycles. The monoisotopic (exact) mass is 262 g/mol. The zero-order valence-corrected chi connectivity index (χ0v) is 11.4. The normalized spacial score (nSPS) is 11.3. The summed E-state index contributed by atoms with van der Waals surface area (Å²) < 4.78 is 9.26. The summed E-state index contributed by atoms with van der Waals surface area (Å²) in [5, 5.41) is 0. The van der Waals surface area contributed by atoms with Crippen LogP contribution in [0.15, 0.2) is 36.4 Å². The van der Waals surface area contributed by atoms with Gasteiger partial charge in [0.1, 0.15) is 0 Å². The number of methoxy groups -OCH3 is 2. The number of carbonyl (C=O) groups excluding carboxylic acids is 2. The van der Waals surface area contributed by atoms with Crippen LogP contribution in [0.5, 0.6) is 0 Å². The van der Waals surface area contributed by atoms with Gasteiger partial charge < -0.3 is 9.47 Å². The molecule has 0 heterocycles. The summed E-state index contributed by atoms with van der Waals surface area (Å²) in [4.78, 5) is 23.3. The molecule has 0 amide bonds. The number of ether oxygens (including phenoxy) is 2. The summed E-state index contributed by atoms with van der Waals surface area (Å²) in [6, 6.07) is 9.59. The van der Waals surface area contributed by atoms with Gasteiger partial charge in [-0.15, -0.1) is 0 Å². The summed E-state index contributed by atoms with van der Waals surface area (Å²) in [6.07, 6.45) is 2.31. The quantitative estimate of drug-likeness (QED) is 0.604. The minimum absolute atomic E-state index is 0.617. The average molecular weight is 262 g/mol. The van der Waals surface area contributed by atoms with E-state index in [-0.39, 0.29) is 0 Å². The maximum atomic E-state index is 11.6. The van der Waals surface area contributed by atoms with Crippen LogP contribution in [0.1, 0.15) is 18.9 Å². The van der Waals surface area contributed by atoms with Crippen LogP contribution in [0.25, 0.3) is 5.57 Å². The molecule has 0 aromatic heterocycles. The molecule has 1 aromatic rings. The lowest BCUT2D eigenvalue weighted by atomic mass is 9.98. The number of hydrogen-bond acceptors (Lipinski definition) is 4. The van der Waals surface area contributed by atoms with Gasteiger partial charge in [-0.1, -0.05) is 43.3 Å². The van der Waals surface area contributed by atoms with Crippen molar-refractivity contribution in [3.63, 3.8) is 0 Å². The van der Waals surface area contributed by atoms with Crippen molar-refractivity contribution >= 4 is 17.5 Å². The van der Waals surface area contributed by atoms with E-state index in [0.29, 0.717) is 6.42 Å². The zero-order valence-electron chi connectivity index (χ0n) is 11.4. The molecule has 0 aliphatic rings. The summed E-state index contributed by atoms with van der Waals surface area (Å²) in [6.45, 7) is 1.96. The molecule has 0 N–H and O–H groups in total. The fourth-order valence-corrected chi connectivity index (χ4v) is 1.76. The van der Waals surface area contributed by atoms with Gasteiger partial charge in [0.05, 0.1) is 14.2 Å². The number of esters is 2. The molecule has 4 nitrogen and oxygen atoms in total. The molecule has 1 rings (SSSR count). The minimum Gasteiger partial charge on any atom is -0.468 e. The summed E-state index contributed by atoms with van der Waals surface area (Å²) in [5.41, 5.74) is 1.88. The number of allylic oxidation sites excluding steroid dienone is 1. The van der Waals surface area contributed by atoms with Crippen LogP contribution in [0.3, 0.4) is 0 Å². The summed E-state index contributed by atoms with van der Waals surface area (Å²) >= 11 is 0. The van der Waals surface area contributed by atoms with Gasteiger partial charge in [-0.05, 0) is 17.6 Å². The SMILES string of the molecule is CC/C(=C\C(C(=O)OC)C(=O)OC)c1ccccc1. The highest BCUT2D eigenvalue weighted by atomic mass is 16.5. The molecule has 102 valence electrons. The van der Waals surface area contributed by atoms with Gasteiger partial charge in [0.2, 0.25) is 0 Å². The molecule has 0 atom stereocenters. The lowest BCUT2D eigenvalue weighted by Gasteiger charge is -2.11. The predicted octanol–water partition coefficient (Wildman–Crippen LogP) is 2.44. The molecule has 0 unspecified atom stereocenters. The van der Waals surface area contributed by atoms with E-state index in [0.717, 1.165) is 11.1 Å². The van der Waals surface area contributed by atoms with Crippen molar-refractivity contribution in [1.29, 1.82) is 0 Å². The minimum atomic E-state index is -1.02. The Morgan fingerprint density at radius 1 is 1.11 bits per heavy atom. The Balaban J connectivity index is 3.11. The first-order valence-electron chi connectivity index (χ1n) is 6.05. The lowest BCUT2D eigenvalue weighted by molar-refractivity contribution is -0.156. The molecule has 1 aromatic carbocycles. The van der Waals surface area contributed by atoms with E-state index in [4.69, 9.17) is 0 Å². The van der Waals surface area contributed by atoms with E-state index in [2.05, 4.69) is 9.47 Å². The van der Waals surface area contributed by atoms with Gasteiger partial charge >= 0.3 is 11.9 Å². The van der Waals surface area contributed by atoms with E-state index >= 15 is 0 Å². The standard InChI is InChI=1S/C15H18O4/c1-4-11(12-8-6-5-7-9-12)10-13(14(16)18-2)15(17)19-3/h5-10,13H,4H2,1-3H3/b11-10+. The Morgan fingerprint density at radius 2 is 1.63 bits per heavy atom. The molecule has 19 heavy (non-hydrogen) atoms. The van der Waals surface area contributed by atoms with E-state index < -0.39 is 17.9 Å². The average Bonchev–Trinajstić information content (AvgIpc) is 2.48. The highest BCUT2D eigenvalue weighted by molar-refractivity contribution is 5.98. The summed E-state index contributed by atoms with van der Waals surface area (Å²) in [7, 11) is 2.50. The van der Waals surface area contributed by atoms with Crippen molar-refractivity contribution in [2.75, 3.05) is 14.2 Å². The molecule has 0 radical (unpaired) electrons.